The lowest BCUT2D eigenvalue weighted by Crippen LogP contribution is -2.17. The van der Waals surface area contributed by atoms with Gasteiger partial charge in [-0.05, 0) is 31.5 Å². The van der Waals surface area contributed by atoms with Gasteiger partial charge in [0.15, 0.2) is 0 Å². The van der Waals surface area contributed by atoms with Crippen molar-refractivity contribution in [1.82, 2.24) is 10.2 Å². The molecule has 0 aliphatic rings. The molecule has 108 valence electrons. The van der Waals surface area contributed by atoms with E-state index in [4.69, 9.17) is 18.0 Å². The number of hydrogen-bond acceptors (Lipinski definition) is 4. The predicted octanol–water partition coefficient (Wildman–Crippen LogP) is 2.23. The summed E-state index contributed by atoms with van der Waals surface area (Å²) in [5, 5.41) is 10.9. The van der Waals surface area contributed by atoms with Gasteiger partial charge in [-0.1, -0.05) is 31.3 Å². The Morgan fingerprint density at radius 2 is 2.10 bits per heavy atom. The number of carbonyl (C=O) groups is 1. The third-order valence-corrected chi connectivity index (χ3v) is 3.21. The van der Waals surface area contributed by atoms with E-state index in [1.807, 2.05) is 6.92 Å². The number of hydrogen-bond donors (Lipinski definition) is 2. The van der Waals surface area contributed by atoms with Gasteiger partial charge in [0.05, 0.1) is 17.0 Å². The number of nitrogens with zero attached hydrogens (tertiary/aromatic N) is 2. The molecule has 0 atom stereocenters. The van der Waals surface area contributed by atoms with Crippen LogP contribution in [0.15, 0.2) is 30.3 Å². The van der Waals surface area contributed by atoms with Gasteiger partial charge in [-0.3, -0.25) is 4.79 Å². The van der Waals surface area contributed by atoms with E-state index in [2.05, 4.69) is 15.5 Å². The minimum absolute atomic E-state index is 0.218. The Balaban J connectivity index is 2.28. The van der Waals surface area contributed by atoms with E-state index in [9.17, 15) is 4.79 Å². The molecular weight excluding hydrogens is 284 g/mol. The lowest BCUT2D eigenvalue weighted by Gasteiger charge is -2.09. The highest BCUT2D eigenvalue weighted by molar-refractivity contribution is 7.80. The molecule has 1 amide bonds. The number of rotatable bonds is 4. The Labute approximate surface area is 128 Å². The highest BCUT2D eigenvalue weighted by atomic mass is 32.1. The van der Waals surface area contributed by atoms with Gasteiger partial charge in [-0.15, -0.1) is 0 Å². The number of anilines is 1. The van der Waals surface area contributed by atoms with E-state index in [0.717, 1.165) is 0 Å². The Morgan fingerprint density at radius 1 is 1.33 bits per heavy atom. The Morgan fingerprint density at radius 3 is 2.76 bits per heavy atom. The van der Waals surface area contributed by atoms with Crippen LogP contribution in [0.5, 0.6) is 0 Å². The number of benzene rings is 1. The van der Waals surface area contributed by atoms with Gasteiger partial charge in [0.2, 0.25) is 0 Å². The summed E-state index contributed by atoms with van der Waals surface area (Å²) >= 11 is 4.93. The van der Waals surface area contributed by atoms with Crippen LogP contribution >= 0.6 is 12.2 Å². The summed E-state index contributed by atoms with van der Waals surface area (Å²) in [5.74, 6) is -0.218. The lowest BCUT2D eigenvalue weighted by molar-refractivity contribution is 0.102. The van der Waals surface area contributed by atoms with Crippen molar-refractivity contribution < 1.29 is 4.79 Å². The Kier molecular flexibility index (Phi) is 4.59. The van der Waals surface area contributed by atoms with Gasteiger partial charge in [0.1, 0.15) is 4.99 Å². The van der Waals surface area contributed by atoms with E-state index in [1.165, 1.54) is 0 Å². The van der Waals surface area contributed by atoms with Crippen molar-refractivity contribution in [3.8, 4) is 0 Å². The van der Waals surface area contributed by atoms with Crippen LogP contribution < -0.4 is 11.1 Å². The summed E-state index contributed by atoms with van der Waals surface area (Å²) in [5.41, 5.74) is 8.85. The fraction of sp³-hybridized carbons (Fsp3) is 0.200. The quantitative estimate of drug-likeness (QED) is 0.846. The van der Waals surface area contributed by atoms with Crippen LogP contribution in [-0.4, -0.2) is 21.1 Å². The Bertz CT molecular complexity index is 700. The molecule has 0 aliphatic heterocycles. The molecule has 0 bridgehead atoms. The average Bonchev–Trinajstić information content (AvgIpc) is 2.47. The smallest absolute Gasteiger partial charge is 0.257 e. The summed E-state index contributed by atoms with van der Waals surface area (Å²) in [6.07, 6.45) is 0.642. The van der Waals surface area contributed by atoms with Gasteiger partial charge < -0.3 is 11.1 Å². The summed E-state index contributed by atoms with van der Waals surface area (Å²) in [6.45, 7) is 3.74. The van der Waals surface area contributed by atoms with Crippen LogP contribution in [0.3, 0.4) is 0 Å². The van der Waals surface area contributed by atoms with Gasteiger partial charge in [-0.25, -0.2) is 0 Å². The molecule has 6 heteroatoms. The second-order valence-corrected chi connectivity index (χ2v) is 5.04. The molecule has 0 spiro atoms. The molecule has 2 aromatic rings. The molecule has 0 aliphatic carbocycles. The topological polar surface area (TPSA) is 80.9 Å². The van der Waals surface area contributed by atoms with Crippen molar-refractivity contribution in [2.45, 2.75) is 20.3 Å². The molecule has 0 saturated carbocycles. The van der Waals surface area contributed by atoms with E-state index in [1.54, 1.807) is 37.3 Å². The van der Waals surface area contributed by atoms with E-state index in [0.29, 0.717) is 39.6 Å². The zero-order chi connectivity index (χ0) is 15.4. The van der Waals surface area contributed by atoms with E-state index in [-0.39, 0.29) is 5.91 Å². The predicted molar refractivity (Wildman–Crippen MR) is 86.4 cm³/mol. The SMILES string of the molecule is CCc1nnc(C)cc1C(=O)Nc1cccc(C(N)=S)c1. The van der Waals surface area contributed by atoms with Crippen molar-refractivity contribution in [3.63, 3.8) is 0 Å². The first-order chi connectivity index (χ1) is 10.0. The number of amides is 1. The lowest BCUT2D eigenvalue weighted by atomic mass is 10.1. The summed E-state index contributed by atoms with van der Waals surface area (Å²) < 4.78 is 0. The molecular formula is C15H16N4OS. The first-order valence-corrected chi connectivity index (χ1v) is 6.96. The molecule has 1 heterocycles. The van der Waals surface area contributed by atoms with Gasteiger partial charge >= 0.3 is 0 Å². The van der Waals surface area contributed by atoms with Gasteiger partial charge in [0.25, 0.3) is 5.91 Å². The molecule has 2 rings (SSSR count). The number of carbonyl (C=O) groups excluding carboxylic acids is 1. The number of thiocarbonyl (C=S) groups is 1. The average molecular weight is 300 g/mol. The normalized spacial score (nSPS) is 10.2. The third kappa shape index (κ3) is 3.61. The van der Waals surface area contributed by atoms with Crippen LogP contribution in [0.4, 0.5) is 5.69 Å². The van der Waals surface area contributed by atoms with Crippen molar-refractivity contribution in [2.75, 3.05) is 5.32 Å². The molecule has 1 aromatic heterocycles. The second kappa shape index (κ2) is 6.41. The first-order valence-electron chi connectivity index (χ1n) is 6.55. The molecule has 21 heavy (non-hydrogen) atoms. The van der Waals surface area contributed by atoms with Gasteiger partial charge in [0, 0.05) is 11.3 Å². The van der Waals surface area contributed by atoms with Crippen molar-refractivity contribution in [3.05, 3.63) is 52.8 Å². The van der Waals surface area contributed by atoms with Crippen molar-refractivity contribution in [2.24, 2.45) is 5.73 Å². The maximum Gasteiger partial charge on any atom is 0.257 e. The highest BCUT2D eigenvalue weighted by Gasteiger charge is 2.13. The number of nitrogens with two attached hydrogens (primary N) is 1. The van der Waals surface area contributed by atoms with Crippen LogP contribution in [0.1, 0.15) is 34.2 Å². The van der Waals surface area contributed by atoms with Crippen molar-refractivity contribution in [1.29, 1.82) is 0 Å². The maximum atomic E-state index is 12.4. The minimum Gasteiger partial charge on any atom is -0.389 e. The number of nitrogens with one attached hydrogen (secondary N) is 1. The maximum absolute atomic E-state index is 12.4. The molecule has 0 radical (unpaired) electrons. The zero-order valence-electron chi connectivity index (χ0n) is 11.9. The molecule has 5 nitrogen and oxygen atoms in total. The fourth-order valence-corrected chi connectivity index (χ4v) is 2.05. The molecule has 3 N–H and O–H groups in total. The monoisotopic (exact) mass is 300 g/mol. The number of aryl methyl sites for hydroxylation is 2. The van der Waals surface area contributed by atoms with Crippen LogP contribution in [0, 0.1) is 6.92 Å². The van der Waals surface area contributed by atoms with Crippen LogP contribution in [-0.2, 0) is 6.42 Å². The molecule has 0 fully saturated rings. The minimum atomic E-state index is -0.218. The highest BCUT2D eigenvalue weighted by Crippen LogP contribution is 2.14. The summed E-state index contributed by atoms with van der Waals surface area (Å²) in [4.78, 5) is 12.7. The zero-order valence-corrected chi connectivity index (χ0v) is 12.7. The van der Waals surface area contributed by atoms with E-state index < -0.39 is 0 Å². The van der Waals surface area contributed by atoms with Gasteiger partial charge in [-0.2, -0.15) is 10.2 Å². The standard InChI is InChI=1S/C15H16N4OS/c1-3-13-12(7-9(2)18-19-13)15(20)17-11-6-4-5-10(8-11)14(16)21/h4-8H,3H2,1-2H3,(H2,16,21)(H,17,20). The van der Waals surface area contributed by atoms with E-state index >= 15 is 0 Å². The molecule has 0 unspecified atom stereocenters. The fourth-order valence-electron chi connectivity index (χ4n) is 1.92. The third-order valence-electron chi connectivity index (χ3n) is 2.98. The largest absolute Gasteiger partial charge is 0.389 e. The summed E-state index contributed by atoms with van der Waals surface area (Å²) in [6, 6.07) is 8.85. The Hall–Kier alpha value is -2.34. The first kappa shape index (κ1) is 15.1. The molecule has 1 aromatic carbocycles. The second-order valence-electron chi connectivity index (χ2n) is 4.60. The van der Waals surface area contributed by atoms with Crippen molar-refractivity contribution >= 4 is 28.8 Å². The summed E-state index contributed by atoms with van der Waals surface area (Å²) in [7, 11) is 0. The number of aromatic nitrogens is 2. The van der Waals surface area contributed by atoms with Crippen LogP contribution in [0.2, 0.25) is 0 Å². The van der Waals surface area contributed by atoms with Crippen LogP contribution in [0.25, 0.3) is 0 Å². The molecule has 0 saturated heterocycles.